The molecule has 1 heterocycles. The third kappa shape index (κ3) is 2.66. The van der Waals surface area contributed by atoms with Crippen LogP contribution in [0.5, 0.6) is 0 Å². The van der Waals surface area contributed by atoms with E-state index >= 15 is 0 Å². The number of imide groups is 1. The monoisotopic (exact) mass is 293 g/mol. The summed E-state index contributed by atoms with van der Waals surface area (Å²) in [7, 11) is 1.52. The molecule has 6 heteroatoms. The van der Waals surface area contributed by atoms with E-state index in [1.165, 1.54) is 11.9 Å². The van der Waals surface area contributed by atoms with Gasteiger partial charge in [-0.1, -0.05) is 0 Å². The number of amides is 4. The molecule has 0 aromatic rings. The van der Waals surface area contributed by atoms with E-state index in [0.717, 1.165) is 0 Å². The maximum Gasteiger partial charge on any atom is 0.329 e. The van der Waals surface area contributed by atoms with Crippen molar-refractivity contribution in [3.05, 3.63) is 0 Å². The first-order chi connectivity index (χ1) is 6.86. The minimum Gasteiger partial charge on any atom is -0.304 e. The number of carbonyl (C=O) groups is 2. The Balaban J connectivity index is 0.00000225. The highest BCUT2D eigenvalue weighted by Gasteiger charge is 2.36. The van der Waals surface area contributed by atoms with Gasteiger partial charge in [-0.2, -0.15) is 0 Å². The summed E-state index contributed by atoms with van der Waals surface area (Å²) in [6.45, 7) is 8.16. The van der Waals surface area contributed by atoms with Crippen molar-refractivity contribution in [2.75, 3.05) is 13.7 Å². The van der Waals surface area contributed by atoms with Crippen LogP contribution in [0.4, 0.5) is 9.59 Å². The fraction of sp³-hybridized carbons (Fsp3) is 0.800. The molecule has 0 atom stereocenters. The summed E-state index contributed by atoms with van der Waals surface area (Å²) in [6, 6.07) is -0.220. The van der Waals surface area contributed by atoms with Gasteiger partial charge in [0, 0.05) is 19.1 Å². The molecule has 94 valence electrons. The van der Waals surface area contributed by atoms with Crippen LogP contribution in [-0.4, -0.2) is 52.6 Å². The predicted octanol–water partition coefficient (Wildman–Crippen LogP) is 2.13. The zero-order valence-electron chi connectivity index (χ0n) is 10.4. The van der Waals surface area contributed by atoms with Gasteiger partial charge in [0.2, 0.25) is 0 Å². The van der Waals surface area contributed by atoms with Crippen LogP contribution in [0.3, 0.4) is 0 Å². The van der Waals surface area contributed by atoms with Crippen molar-refractivity contribution in [3.63, 3.8) is 0 Å². The molecule has 16 heavy (non-hydrogen) atoms. The van der Waals surface area contributed by atoms with Crippen molar-refractivity contribution in [2.45, 2.75) is 39.8 Å². The fourth-order valence-corrected chi connectivity index (χ4v) is 1.52. The average Bonchev–Trinajstić information content (AvgIpc) is 2.13. The molecule has 4 amide bonds. The van der Waals surface area contributed by atoms with Gasteiger partial charge in [0.25, 0.3) is 0 Å². The zero-order valence-corrected chi connectivity index (χ0v) is 12.1. The quantitative estimate of drug-likeness (QED) is 0.783. The number of urea groups is 2. The van der Waals surface area contributed by atoms with E-state index in [9.17, 15) is 9.59 Å². The molecule has 0 unspecified atom stereocenters. The summed E-state index contributed by atoms with van der Waals surface area (Å²) in [4.78, 5) is 28.0. The van der Waals surface area contributed by atoms with Crippen LogP contribution in [-0.2, 0) is 0 Å². The average molecular weight is 294 g/mol. The Labute approximate surface area is 107 Å². The second kappa shape index (κ2) is 5.52. The van der Waals surface area contributed by atoms with Crippen LogP contribution in [0.1, 0.15) is 27.7 Å². The molecule has 1 aliphatic rings. The Morgan fingerprint density at radius 3 is 1.50 bits per heavy atom. The number of hydrogen-bond acceptors (Lipinski definition) is 2. The van der Waals surface area contributed by atoms with Crippen LogP contribution in [0.15, 0.2) is 0 Å². The molecule has 1 saturated heterocycles. The van der Waals surface area contributed by atoms with Gasteiger partial charge in [-0.05, 0) is 27.7 Å². The number of hydrogen-bond donors (Lipinski definition) is 0. The number of halogens is 1. The van der Waals surface area contributed by atoms with Crippen LogP contribution in [0.2, 0.25) is 0 Å². The van der Waals surface area contributed by atoms with Gasteiger partial charge >= 0.3 is 12.1 Å². The van der Waals surface area contributed by atoms with Crippen LogP contribution < -0.4 is 0 Å². The summed E-state index contributed by atoms with van der Waals surface area (Å²) in [6.07, 6.45) is 0. The van der Waals surface area contributed by atoms with Crippen LogP contribution in [0, 0.1) is 0 Å². The van der Waals surface area contributed by atoms with E-state index < -0.39 is 0 Å². The lowest BCUT2D eigenvalue weighted by Gasteiger charge is -2.43. The summed E-state index contributed by atoms with van der Waals surface area (Å²) in [5.41, 5.74) is 0. The molecule has 0 radical (unpaired) electrons. The van der Waals surface area contributed by atoms with Gasteiger partial charge in [0.05, 0.1) is 6.67 Å². The normalized spacial score (nSPS) is 17.3. The first-order valence-electron chi connectivity index (χ1n) is 5.21. The van der Waals surface area contributed by atoms with Gasteiger partial charge < -0.3 is 9.80 Å². The van der Waals surface area contributed by atoms with E-state index in [-0.39, 0.29) is 41.1 Å². The Kier molecular flexibility index (Phi) is 5.25. The Morgan fingerprint density at radius 2 is 1.25 bits per heavy atom. The summed E-state index contributed by atoms with van der Waals surface area (Å²) >= 11 is 0. The van der Waals surface area contributed by atoms with Crippen LogP contribution in [0.25, 0.3) is 0 Å². The van der Waals surface area contributed by atoms with Crippen molar-refractivity contribution in [3.8, 4) is 0 Å². The molecule has 0 spiro atoms. The van der Waals surface area contributed by atoms with Gasteiger partial charge in [-0.15, -0.1) is 17.0 Å². The van der Waals surface area contributed by atoms with E-state index in [1.807, 2.05) is 27.7 Å². The maximum atomic E-state index is 11.7. The molecular weight excluding hydrogens is 274 g/mol. The van der Waals surface area contributed by atoms with Crippen molar-refractivity contribution < 1.29 is 9.59 Å². The van der Waals surface area contributed by atoms with E-state index in [1.54, 1.807) is 9.80 Å². The molecule has 0 saturated carbocycles. The lowest BCUT2D eigenvalue weighted by atomic mass is 10.3. The van der Waals surface area contributed by atoms with Crippen molar-refractivity contribution in [1.82, 2.24) is 14.7 Å². The van der Waals surface area contributed by atoms with Gasteiger partial charge in [-0.3, -0.25) is 0 Å². The smallest absolute Gasteiger partial charge is 0.304 e. The highest BCUT2D eigenvalue weighted by Crippen LogP contribution is 2.16. The van der Waals surface area contributed by atoms with Crippen LogP contribution >= 0.6 is 17.0 Å². The van der Waals surface area contributed by atoms with Gasteiger partial charge in [0.1, 0.15) is 0 Å². The summed E-state index contributed by atoms with van der Waals surface area (Å²) in [5.74, 6) is 0. The van der Waals surface area contributed by atoms with E-state index in [4.69, 9.17) is 0 Å². The van der Waals surface area contributed by atoms with Gasteiger partial charge in [-0.25, -0.2) is 14.5 Å². The molecule has 0 aromatic heterocycles. The molecule has 0 bridgehead atoms. The predicted molar refractivity (Wildman–Crippen MR) is 67.7 cm³/mol. The first kappa shape index (κ1) is 15.2. The lowest BCUT2D eigenvalue weighted by molar-refractivity contribution is 0.0613. The molecule has 0 aromatic carbocycles. The molecular formula is C10H20BrN3O2. The van der Waals surface area contributed by atoms with E-state index in [2.05, 4.69) is 0 Å². The lowest BCUT2D eigenvalue weighted by Crippen LogP contribution is -2.62. The SMILES string of the molecule is Br.CC(C)N1CN(C(C)C)C(=O)N(C)C1=O. The first-order valence-corrected chi connectivity index (χ1v) is 5.21. The summed E-state index contributed by atoms with van der Waals surface area (Å²) in [5, 5.41) is 0. The molecule has 5 nitrogen and oxygen atoms in total. The summed E-state index contributed by atoms with van der Waals surface area (Å²) < 4.78 is 0. The fourth-order valence-electron chi connectivity index (χ4n) is 1.52. The second-order valence-electron chi connectivity index (χ2n) is 4.39. The van der Waals surface area contributed by atoms with Crippen molar-refractivity contribution in [1.29, 1.82) is 0 Å². The molecule has 1 fully saturated rings. The third-order valence-corrected chi connectivity index (χ3v) is 2.62. The highest BCUT2D eigenvalue weighted by molar-refractivity contribution is 8.93. The molecule has 1 aliphatic heterocycles. The Bertz CT molecular complexity index is 255. The van der Waals surface area contributed by atoms with Crippen molar-refractivity contribution in [2.24, 2.45) is 0 Å². The molecule has 0 N–H and O–H groups in total. The molecule has 1 rings (SSSR count). The Hall–Kier alpha value is -0.780. The van der Waals surface area contributed by atoms with E-state index in [0.29, 0.717) is 6.67 Å². The highest BCUT2D eigenvalue weighted by atomic mass is 79.9. The maximum absolute atomic E-state index is 11.7. The minimum absolute atomic E-state index is 0. The molecule has 0 aliphatic carbocycles. The second-order valence-corrected chi connectivity index (χ2v) is 4.39. The number of rotatable bonds is 2. The van der Waals surface area contributed by atoms with Crippen molar-refractivity contribution >= 4 is 29.0 Å². The zero-order chi connectivity index (χ0) is 11.7. The van der Waals surface area contributed by atoms with Gasteiger partial charge in [0.15, 0.2) is 0 Å². The minimum atomic E-state index is -0.216. The largest absolute Gasteiger partial charge is 0.329 e. The standard InChI is InChI=1S/C10H19N3O2.BrH/c1-7(2)12-6-13(8(3)4)10(15)11(5)9(12)14;/h7-8H,6H2,1-5H3;1H. The number of nitrogens with zero attached hydrogens (tertiary/aromatic N) is 3. The third-order valence-electron chi connectivity index (χ3n) is 2.62. The Morgan fingerprint density at radius 1 is 0.938 bits per heavy atom. The topological polar surface area (TPSA) is 43.9 Å². The number of carbonyl (C=O) groups excluding carboxylic acids is 2.